The summed E-state index contributed by atoms with van der Waals surface area (Å²) in [6, 6.07) is 3.92. The van der Waals surface area contributed by atoms with Crippen LogP contribution in [0.4, 0.5) is 10.6 Å². The van der Waals surface area contributed by atoms with Gasteiger partial charge in [-0.2, -0.15) is 0 Å². The second kappa shape index (κ2) is 9.58. The van der Waals surface area contributed by atoms with Gasteiger partial charge in [0.25, 0.3) is 0 Å². The van der Waals surface area contributed by atoms with Crippen molar-refractivity contribution in [2.24, 2.45) is 5.92 Å². The molecule has 0 saturated carbocycles. The lowest BCUT2D eigenvalue weighted by atomic mass is 9.97. The number of piperidine rings is 2. The van der Waals surface area contributed by atoms with Gasteiger partial charge in [0.05, 0.1) is 5.92 Å². The molecular weight excluding hydrogens is 342 g/mol. The molecule has 2 aliphatic rings. The molecule has 0 spiro atoms. The molecule has 148 valence electrons. The zero-order chi connectivity index (χ0) is 19.1. The number of hydrogen-bond acceptors (Lipinski definition) is 4. The van der Waals surface area contributed by atoms with Crippen LogP contribution < -0.4 is 15.5 Å². The third-order valence-corrected chi connectivity index (χ3v) is 5.36. The summed E-state index contributed by atoms with van der Waals surface area (Å²) in [5, 5.41) is 5.86. The highest BCUT2D eigenvalue weighted by atomic mass is 16.2. The van der Waals surface area contributed by atoms with Gasteiger partial charge in [-0.05, 0) is 56.7 Å². The number of hydrogen-bond donors (Lipinski definition) is 2. The van der Waals surface area contributed by atoms with Crippen LogP contribution in [0.2, 0.25) is 0 Å². The molecule has 2 N–H and O–H groups in total. The van der Waals surface area contributed by atoms with E-state index < -0.39 is 0 Å². The van der Waals surface area contributed by atoms with E-state index in [0.717, 1.165) is 37.3 Å². The van der Waals surface area contributed by atoms with Crippen molar-refractivity contribution in [3.8, 4) is 0 Å². The van der Waals surface area contributed by atoms with E-state index in [1.165, 1.54) is 19.3 Å². The molecule has 1 atom stereocenters. The molecule has 0 bridgehead atoms. The van der Waals surface area contributed by atoms with E-state index in [0.29, 0.717) is 26.2 Å². The fourth-order valence-electron chi connectivity index (χ4n) is 3.85. The van der Waals surface area contributed by atoms with Gasteiger partial charge in [-0.3, -0.25) is 4.79 Å². The van der Waals surface area contributed by atoms with Crippen LogP contribution in [-0.2, 0) is 11.3 Å². The quantitative estimate of drug-likeness (QED) is 0.829. The second-order valence-electron chi connectivity index (χ2n) is 7.41. The van der Waals surface area contributed by atoms with Crippen LogP contribution in [0.15, 0.2) is 18.3 Å². The van der Waals surface area contributed by atoms with E-state index in [1.807, 2.05) is 19.2 Å². The van der Waals surface area contributed by atoms with E-state index in [-0.39, 0.29) is 17.9 Å². The number of nitrogens with one attached hydrogen (secondary N) is 2. The number of urea groups is 1. The average molecular weight is 374 g/mol. The van der Waals surface area contributed by atoms with Gasteiger partial charge in [0, 0.05) is 45.5 Å². The summed E-state index contributed by atoms with van der Waals surface area (Å²) >= 11 is 0. The van der Waals surface area contributed by atoms with Gasteiger partial charge in [0.15, 0.2) is 0 Å². The topological polar surface area (TPSA) is 77.6 Å². The summed E-state index contributed by atoms with van der Waals surface area (Å²) < 4.78 is 0. The summed E-state index contributed by atoms with van der Waals surface area (Å²) in [7, 11) is 0. The molecule has 3 amide bonds. The standard InChI is InChI=1S/C20H31N5O2/c1-2-21-19(26)17-7-6-12-25(15-17)20(27)23-14-16-8-9-22-18(13-16)24-10-4-3-5-11-24/h8-9,13,17H,2-7,10-12,14-15H2,1H3,(H,21,26)(H,23,27). The third kappa shape index (κ3) is 5.34. The molecule has 7 nitrogen and oxygen atoms in total. The molecule has 2 saturated heterocycles. The van der Waals surface area contributed by atoms with E-state index in [1.54, 1.807) is 4.90 Å². The smallest absolute Gasteiger partial charge is 0.317 e. The average Bonchev–Trinajstić information content (AvgIpc) is 2.73. The Morgan fingerprint density at radius 3 is 2.74 bits per heavy atom. The first-order chi connectivity index (χ1) is 13.2. The highest BCUT2D eigenvalue weighted by molar-refractivity contribution is 5.80. The molecule has 0 radical (unpaired) electrons. The summed E-state index contributed by atoms with van der Waals surface area (Å²) in [4.78, 5) is 33.2. The predicted octanol–water partition coefficient (Wildman–Crippen LogP) is 2.13. The van der Waals surface area contributed by atoms with Crippen LogP contribution in [0.25, 0.3) is 0 Å². The maximum absolute atomic E-state index is 12.5. The SMILES string of the molecule is CCNC(=O)C1CCCN(C(=O)NCc2ccnc(N3CCCCC3)c2)C1. The first-order valence-electron chi connectivity index (χ1n) is 10.2. The van der Waals surface area contributed by atoms with Crippen molar-refractivity contribution in [1.82, 2.24) is 20.5 Å². The molecule has 3 heterocycles. The van der Waals surface area contributed by atoms with Crippen LogP contribution in [0.5, 0.6) is 0 Å². The number of anilines is 1. The van der Waals surface area contributed by atoms with Crippen molar-refractivity contribution in [2.75, 3.05) is 37.6 Å². The molecule has 2 aliphatic heterocycles. The molecule has 0 aliphatic carbocycles. The molecule has 3 rings (SSSR count). The monoisotopic (exact) mass is 373 g/mol. The van der Waals surface area contributed by atoms with Gasteiger partial charge in [0.1, 0.15) is 5.82 Å². The number of amides is 3. The molecular formula is C20H31N5O2. The Morgan fingerprint density at radius 2 is 1.96 bits per heavy atom. The number of nitrogens with zero attached hydrogens (tertiary/aromatic N) is 3. The Balaban J connectivity index is 1.52. The molecule has 0 aromatic carbocycles. The van der Waals surface area contributed by atoms with Crippen molar-refractivity contribution in [3.05, 3.63) is 23.9 Å². The van der Waals surface area contributed by atoms with Crippen molar-refractivity contribution < 1.29 is 9.59 Å². The second-order valence-corrected chi connectivity index (χ2v) is 7.41. The number of likely N-dealkylation sites (tertiary alicyclic amines) is 1. The Morgan fingerprint density at radius 1 is 1.15 bits per heavy atom. The zero-order valence-electron chi connectivity index (χ0n) is 16.2. The minimum Gasteiger partial charge on any atom is -0.357 e. The van der Waals surface area contributed by atoms with E-state index in [2.05, 4.69) is 26.6 Å². The summed E-state index contributed by atoms with van der Waals surface area (Å²) in [6.45, 7) is 6.32. The molecule has 1 unspecified atom stereocenters. The van der Waals surface area contributed by atoms with Gasteiger partial charge in [-0.15, -0.1) is 0 Å². The van der Waals surface area contributed by atoms with E-state index >= 15 is 0 Å². The molecule has 1 aromatic heterocycles. The lowest BCUT2D eigenvalue weighted by Gasteiger charge is -2.32. The van der Waals surface area contributed by atoms with Crippen LogP contribution in [0.1, 0.15) is 44.6 Å². The molecule has 1 aromatic rings. The van der Waals surface area contributed by atoms with Crippen molar-refractivity contribution in [2.45, 2.75) is 45.6 Å². The summed E-state index contributed by atoms with van der Waals surface area (Å²) in [5.41, 5.74) is 1.05. The Hall–Kier alpha value is -2.31. The molecule has 27 heavy (non-hydrogen) atoms. The zero-order valence-corrected chi connectivity index (χ0v) is 16.2. The largest absolute Gasteiger partial charge is 0.357 e. The maximum Gasteiger partial charge on any atom is 0.317 e. The van der Waals surface area contributed by atoms with Crippen molar-refractivity contribution >= 4 is 17.8 Å². The minimum atomic E-state index is -0.101. The van der Waals surface area contributed by atoms with Gasteiger partial charge in [-0.25, -0.2) is 9.78 Å². The lowest BCUT2D eigenvalue weighted by Crippen LogP contribution is -2.48. The van der Waals surface area contributed by atoms with Crippen LogP contribution >= 0.6 is 0 Å². The number of pyridine rings is 1. The maximum atomic E-state index is 12.5. The number of aromatic nitrogens is 1. The fourth-order valence-corrected chi connectivity index (χ4v) is 3.85. The fraction of sp³-hybridized carbons (Fsp3) is 0.650. The van der Waals surface area contributed by atoms with Gasteiger partial charge in [0.2, 0.25) is 5.91 Å². The van der Waals surface area contributed by atoms with Gasteiger partial charge >= 0.3 is 6.03 Å². The predicted molar refractivity (Wildman–Crippen MR) is 106 cm³/mol. The van der Waals surface area contributed by atoms with Crippen LogP contribution in [-0.4, -0.2) is 54.5 Å². The first-order valence-corrected chi connectivity index (χ1v) is 10.2. The van der Waals surface area contributed by atoms with Crippen LogP contribution in [0, 0.1) is 5.92 Å². The van der Waals surface area contributed by atoms with Gasteiger partial charge < -0.3 is 20.4 Å². The lowest BCUT2D eigenvalue weighted by molar-refractivity contribution is -0.126. The number of carbonyl (C=O) groups is 2. The third-order valence-electron chi connectivity index (χ3n) is 5.36. The van der Waals surface area contributed by atoms with Crippen molar-refractivity contribution in [1.29, 1.82) is 0 Å². The molecule has 2 fully saturated rings. The number of carbonyl (C=O) groups excluding carboxylic acids is 2. The van der Waals surface area contributed by atoms with Gasteiger partial charge in [-0.1, -0.05) is 0 Å². The Bertz CT molecular complexity index is 645. The highest BCUT2D eigenvalue weighted by Crippen LogP contribution is 2.19. The molecule has 7 heteroatoms. The first kappa shape index (κ1) is 19.5. The highest BCUT2D eigenvalue weighted by Gasteiger charge is 2.28. The van der Waals surface area contributed by atoms with Crippen molar-refractivity contribution in [3.63, 3.8) is 0 Å². The summed E-state index contributed by atoms with van der Waals surface area (Å²) in [6.07, 6.45) is 7.24. The van der Waals surface area contributed by atoms with Crippen LogP contribution in [0.3, 0.4) is 0 Å². The van der Waals surface area contributed by atoms with E-state index in [9.17, 15) is 9.59 Å². The Kier molecular flexibility index (Phi) is 6.90. The normalized spacial score (nSPS) is 20.3. The number of rotatable bonds is 5. The van der Waals surface area contributed by atoms with E-state index in [4.69, 9.17) is 0 Å². The summed E-state index contributed by atoms with van der Waals surface area (Å²) in [5.74, 6) is 0.946. The Labute approximate surface area is 161 Å². The minimum absolute atomic E-state index is 0.0512.